The maximum Gasteiger partial charge on any atom is 0.118 e. The first-order chi connectivity index (χ1) is 5.54. The molecule has 2 fully saturated rings. The second kappa shape index (κ2) is 2.33. The predicted molar refractivity (Wildman–Crippen MR) is 46.8 cm³/mol. The number of ether oxygens (including phenoxy) is 1. The van der Waals surface area contributed by atoms with Crippen LogP contribution in [0.2, 0.25) is 0 Å². The minimum atomic E-state index is -0.294. The molecule has 1 saturated heterocycles. The first kappa shape index (κ1) is 8.27. The van der Waals surface area contributed by atoms with E-state index < -0.39 is 0 Å². The van der Waals surface area contributed by atoms with Crippen LogP contribution in [0.25, 0.3) is 0 Å². The van der Waals surface area contributed by atoms with E-state index >= 15 is 0 Å². The molecule has 0 amide bonds. The molecule has 1 aliphatic heterocycles. The molecule has 1 saturated carbocycles. The van der Waals surface area contributed by atoms with Crippen molar-refractivity contribution in [3.05, 3.63) is 12.2 Å². The van der Waals surface area contributed by atoms with Crippen molar-refractivity contribution in [2.75, 3.05) is 0 Å². The molecule has 0 aromatic rings. The molecule has 68 valence electrons. The number of aliphatic hydroxyl groups excluding tert-OH is 1. The van der Waals surface area contributed by atoms with Crippen molar-refractivity contribution in [1.82, 2.24) is 0 Å². The fraction of sp³-hybridized carbons (Fsp3) is 0.800. The summed E-state index contributed by atoms with van der Waals surface area (Å²) in [7, 11) is 0. The fourth-order valence-electron chi connectivity index (χ4n) is 2.11. The number of aliphatic hydroxyl groups is 1. The highest BCUT2D eigenvalue weighted by Crippen LogP contribution is 2.50. The van der Waals surface area contributed by atoms with Crippen molar-refractivity contribution in [2.24, 2.45) is 5.92 Å². The van der Waals surface area contributed by atoms with Crippen LogP contribution in [0, 0.1) is 5.92 Å². The molecule has 0 radical (unpaired) electrons. The number of epoxide rings is 1. The molecule has 0 aromatic carbocycles. The lowest BCUT2D eigenvalue weighted by Crippen LogP contribution is -2.36. The van der Waals surface area contributed by atoms with E-state index in [0.717, 1.165) is 12.8 Å². The Morgan fingerprint density at radius 2 is 2.25 bits per heavy atom. The third kappa shape index (κ3) is 1.02. The first-order valence-corrected chi connectivity index (χ1v) is 4.55. The Bertz CT molecular complexity index is 224. The number of allylic oxidation sites excluding steroid dienone is 1. The van der Waals surface area contributed by atoms with Gasteiger partial charge in [-0.1, -0.05) is 12.2 Å². The summed E-state index contributed by atoms with van der Waals surface area (Å²) in [6.45, 7) is 7.95. The van der Waals surface area contributed by atoms with E-state index in [-0.39, 0.29) is 17.8 Å². The number of hydrogen-bond donors (Lipinski definition) is 1. The predicted octanol–water partition coefficient (Wildman–Crippen LogP) is 1.49. The van der Waals surface area contributed by atoms with E-state index in [1.165, 1.54) is 5.57 Å². The van der Waals surface area contributed by atoms with Crippen molar-refractivity contribution < 1.29 is 9.84 Å². The van der Waals surface area contributed by atoms with Crippen molar-refractivity contribution in [2.45, 2.75) is 44.5 Å². The van der Waals surface area contributed by atoms with E-state index in [1.807, 2.05) is 13.8 Å². The van der Waals surface area contributed by atoms with E-state index in [9.17, 15) is 5.11 Å². The summed E-state index contributed by atoms with van der Waals surface area (Å²) >= 11 is 0. The van der Waals surface area contributed by atoms with Gasteiger partial charge in [0.1, 0.15) is 5.60 Å². The maximum atomic E-state index is 9.73. The Hall–Kier alpha value is -0.340. The van der Waals surface area contributed by atoms with Crippen LogP contribution >= 0.6 is 0 Å². The molecule has 12 heavy (non-hydrogen) atoms. The summed E-state index contributed by atoms with van der Waals surface area (Å²) in [5.41, 5.74) is 0.956. The molecule has 2 rings (SSSR count). The fourth-order valence-corrected chi connectivity index (χ4v) is 2.11. The average molecular weight is 168 g/mol. The number of hydrogen-bond acceptors (Lipinski definition) is 2. The molecular formula is C10H16O2. The van der Waals surface area contributed by atoms with Crippen LogP contribution in [0.4, 0.5) is 0 Å². The van der Waals surface area contributed by atoms with Gasteiger partial charge in [-0.2, -0.15) is 0 Å². The van der Waals surface area contributed by atoms with E-state index in [1.54, 1.807) is 0 Å². The summed E-state index contributed by atoms with van der Waals surface area (Å²) in [6.07, 6.45) is 1.85. The van der Waals surface area contributed by atoms with Gasteiger partial charge >= 0.3 is 0 Å². The highest BCUT2D eigenvalue weighted by molar-refractivity contribution is 5.14. The van der Waals surface area contributed by atoms with Gasteiger partial charge in [-0.3, -0.25) is 0 Å². The quantitative estimate of drug-likeness (QED) is 0.475. The zero-order valence-corrected chi connectivity index (χ0v) is 7.71. The zero-order chi connectivity index (χ0) is 8.93. The molecular weight excluding hydrogens is 152 g/mol. The van der Waals surface area contributed by atoms with Gasteiger partial charge in [0.2, 0.25) is 0 Å². The Morgan fingerprint density at radius 1 is 1.58 bits per heavy atom. The van der Waals surface area contributed by atoms with Gasteiger partial charge in [0.05, 0.1) is 12.2 Å². The summed E-state index contributed by atoms with van der Waals surface area (Å²) in [6, 6.07) is 0. The monoisotopic (exact) mass is 168 g/mol. The van der Waals surface area contributed by atoms with E-state index in [0.29, 0.717) is 5.92 Å². The smallest absolute Gasteiger partial charge is 0.118 e. The van der Waals surface area contributed by atoms with Crippen molar-refractivity contribution in [3.8, 4) is 0 Å². The maximum absolute atomic E-state index is 9.73. The second-order valence-corrected chi connectivity index (χ2v) is 4.32. The number of fused-ring (bicyclic) bond motifs is 1. The van der Waals surface area contributed by atoms with Crippen molar-refractivity contribution in [3.63, 3.8) is 0 Å². The highest BCUT2D eigenvalue weighted by atomic mass is 16.6. The third-order valence-electron chi connectivity index (χ3n) is 3.34. The topological polar surface area (TPSA) is 32.8 Å². The van der Waals surface area contributed by atoms with Crippen LogP contribution in [0.3, 0.4) is 0 Å². The van der Waals surface area contributed by atoms with Crippen molar-refractivity contribution >= 4 is 0 Å². The summed E-state index contributed by atoms with van der Waals surface area (Å²) in [5.74, 6) is 0.459. The zero-order valence-electron chi connectivity index (χ0n) is 7.71. The van der Waals surface area contributed by atoms with Crippen LogP contribution in [0.15, 0.2) is 12.2 Å². The molecule has 1 heterocycles. The van der Waals surface area contributed by atoms with E-state index in [4.69, 9.17) is 4.74 Å². The molecule has 1 N–H and O–H groups in total. The Morgan fingerprint density at radius 3 is 2.75 bits per heavy atom. The van der Waals surface area contributed by atoms with Gasteiger partial charge in [-0.15, -0.1) is 0 Å². The molecule has 0 unspecified atom stereocenters. The summed E-state index contributed by atoms with van der Waals surface area (Å²) in [5, 5.41) is 9.73. The van der Waals surface area contributed by atoms with Crippen LogP contribution in [0.5, 0.6) is 0 Å². The third-order valence-corrected chi connectivity index (χ3v) is 3.34. The molecule has 0 aromatic heterocycles. The lowest BCUT2D eigenvalue weighted by atomic mass is 9.78. The van der Waals surface area contributed by atoms with Gasteiger partial charge in [-0.05, 0) is 32.6 Å². The van der Waals surface area contributed by atoms with E-state index in [2.05, 4.69) is 6.58 Å². The molecule has 2 aliphatic rings. The molecule has 0 spiro atoms. The second-order valence-electron chi connectivity index (χ2n) is 4.32. The standard InChI is InChI=1S/C10H16O2/c1-6(2)7-4-8(11)10(3)9(5-7)12-10/h7-9,11H,1,4-5H2,2-3H3/t7-,8+,9+,10+/m0/s1. The van der Waals surface area contributed by atoms with Gasteiger partial charge in [0.25, 0.3) is 0 Å². The minimum Gasteiger partial charge on any atom is -0.390 e. The number of rotatable bonds is 1. The normalized spacial score (nSPS) is 51.4. The van der Waals surface area contributed by atoms with Gasteiger partial charge in [-0.25, -0.2) is 0 Å². The first-order valence-electron chi connectivity index (χ1n) is 4.55. The average Bonchev–Trinajstić information content (AvgIpc) is 2.62. The molecule has 2 nitrogen and oxygen atoms in total. The molecule has 0 bridgehead atoms. The lowest BCUT2D eigenvalue weighted by molar-refractivity contribution is 0.0641. The Kier molecular flexibility index (Phi) is 1.61. The van der Waals surface area contributed by atoms with Gasteiger partial charge in [0, 0.05) is 0 Å². The largest absolute Gasteiger partial charge is 0.390 e. The lowest BCUT2D eigenvalue weighted by Gasteiger charge is -2.27. The van der Waals surface area contributed by atoms with Crippen LogP contribution in [-0.4, -0.2) is 22.9 Å². The van der Waals surface area contributed by atoms with Crippen LogP contribution in [-0.2, 0) is 4.74 Å². The Labute approximate surface area is 73.2 Å². The van der Waals surface area contributed by atoms with Gasteiger partial charge < -0.3 is 9.84 Å². The van der Waals surface area contributed by atoms with Crippen LogP contribution < -0.4 is 0 Å². The molecule has 4 atom stereocenters. The summed E-state index contributed by atoms with van der Waals surface area (Å²) < 4.78 is 5.47. The van der Waals surface area contributed by atoms with Gasteiger partial charge in [0.15, 0.2) is 0 Å². The summed E-state index contributed by atoms with van der Waals surface area (Å²) in [4.78, 5) is 0. The minimum absolute atomic E-state index is 0.216. The molecule has 1 aliphatic carbocycles. The molecule has 2 heteroatoms. The van der Waals surface area contributed by atoms with Crippen molar-refractivity contribution in [1.29, 1.82) is 0 Å². The highest BCUT2D eigenvalue weighted by Gasteiger charge is 2.60. The van der Waals surface area contributed by atoms with Crippen LogP contribution in [0.1, 0.15) is 26.7 Å². The Balaban J connectivity index is 2.06. The SMILES string of the molecule is C=C(C)[C@H]1C[C@@H](O)[C@@]2(C)O[C@@H]2C1.